The summed E-state index contributed by atoms with van der Waals surface area (Å²) in [6.07, 6.45) is 0.0675. The Kier molecular flexibility index (Phi) is 7.31. The minimum absolute atomic E-state index is 0.0675. The number of esters is 1. The van der Waals surface area contributed by atoms with Gasteiger partial charge in [0.15, 0.2) is 6.61 Å². The van der Waals surface area contributed by atoms with Crippen molar-refractivity contribution in [3.05, 3.63) is 60.2 Å². The van der Waals surface area contributed by atoms with E-state index in [-0.39, 0.29) is 25.5 Å². The van der Waals surface area contributed by atoms with Gasteiger partial charge in [-0.3, -0.25) is 9.59 Å². The Morgan fingerprint density at radius 2 is 1.64 bits per heavy atom. The van der Waals surface area contributed by atoms with Gasteiger partial charge in [0.05, 0.1) is 20.1 Å². The van der Waals surface area contributed by atoms with E-state index in [9.17, 15) is 9.59 Å². The highest BCUT2D eigenvalue weighted by molar-refractivity contribution is 5.80. The molecule has 1 amide bonds. The summed E-state index contributed by atoms with van der Waals surface area (Å²) in [6.45, 7) is 0.281. The van der Waals surface area contributed by atoms with Gasteiger partial charge in [-0.25, -0.2) is 0 Å². The second-order valence-corrected chi connectivity index (χ2v) is 5.20. The molecule has 2 aromatic carbocycles. The lowest BCUT2D eigenvalue weighted by Crippen LogP contribution is -2.28. The molecular formula is C19H21NO5. The third-order valence-electron chi connectivity index (χ3n) is 3.33. The average Bonchev–Trinajstić information content (AvgIpc) is 2.66. The van der Waals surface area contributed by atoms with Crippen molar-refractivity contribution >= 4 is 11.9 Å². The van der Waals surface area contributed by atoms with Crippen LogP contribution < -0.4 is 14.8 Å². The molecule has 0 saturated heterocycles. The number of rotatable bonds is 9. The first kappa shape index (κ1) is 18.3. The van der Waals surface area contributed by atoms with E-state index >= 15 is 0 Å². The van der Waals surface area contributed by atoms with Crippen LogP contribution in [0.1, 0.15) is 12.0 Å². The second kappa shape index (κ2) is 9.97. The fraction of sp³-hybridized carbons (Fsp3) is 0.263. The molecule has 0 radical (unpaired) electrons. The number of carbonyl (C=O) groups excluding carboxylic acids is 2. The quantitative estimate of drug-likeness (QED) is 0.708. The summed E-state index contributed by atoms with van der Waals surface area (Å²) in [4.78, 5) is 23.3. The van der Waals surface area contributed by atoms with Crippen LogP contribution in [0, 0.1) is 0 Å². The lowest BCUT2D eigenvalue weighted by Gasteiger charge is -2.08. The first-order valence-corrected chi connectivity index (χ1v) is 7.90. The van der Waals surface area contributed by atoms with Crippen molar-refractivity contribution in [3.63, 3.8) is 0 Å². The molecule has 0 bridgehead atoms. The number of amides is 1. The highest BCUT2D eigenvalue weighted by atomic mass is 16.5. The van der Waals surface area contributed by atoms with Crippen molar-refractivity contribution in [1.29, 1.82) is 0 Å². The topological polar surface area (TPSA) is 73.9 Å². The molecule has 2 aromatic rings. The lowest BCUT2D eigenvalue weighted by atomic mass is 10.2. The van der Waals surface area contributed by atoms with Crippen LogP contribution in [0.2, 0.25) is 0 Å². The molecule has 25 heavy (non-hydrogen) atoms. The predicted octanol–water partition coefficient (Wildman–Crippen LogP) is 2.32. The van der Waals surface area contributed by atoms with Crippen LogP contribution in [0.4, 0.5) is 0 Å². The van der Waals surface area contributed by atoms with Gasteiger partial charge >= 0.3 is 5.97 Å². The van der Waals surface area contributed by atoms with E-state index in [1.54, 1.807) is 31.4 Å². The Hall–Kier alpha value is -3.02. The first-order valence-electron chi connectivity index (χ1n) is 7.90. The van der Waals surface area contributed by atoms with E-state index in [1.807, 2.05) is 30.3 Å². The van der Waals surface area contributed by atoms with Gasteiger partial charge in [-0.1, -0.05) is 30.3 Å². The first-order chi connectivity index (χ1) is 12.2. The van der Waals surface area contributed by atoms with Crippen LogP contribution in [-0.4, -0.2) is 32.2 Å². The zero-order chi connectivity index (χ0) is 17.9. The monoisotopic (exact) mass is 343 g/mol. The molecule has 0 spiro atoms. The Labute approximate surface area is 146 Å². The average molecular weight is 343 g/mol. The van der Waals surface area contributed by atoms with Gasteiger partial charge in [0.2, 0.25) is 0 Å². The van der Waals surface area contributed by atoms with E-state index < -0.39 is 5.97 Å². The molecular weight excluding hydrogens is 322 g/mol. The zero-order valence-corrected chi connectivity index (χ0v) is 14.1. The van der Waals surface area contributed by atoms with Gasteiger partial charge in [-0.05, 0) is 29.8 Å². The highest BCUT2D eigenvalue weighted by Gasteiger charge is 2.08. The number of benzene rings is 2. The molecule has 0 aromatic heterocycles. The largest absolute Gasteiger partial charge is 0.497 e. The van der Waals surface area contributed by atoms with Crippen LogP contribution in [0.5, 0.6) is 11.5 Å². The molecule has 0 heterocycles. The Morgan fingerprint density at radius 1 is 0.960 bits per heavy atom. The Morgan fingerprint density at radius 3 is 2.32 bits per heavy atom. The molecule has 1 N–H and O–H groups in total. The van der Waals surface area contributed by atoms with Crippen LogP contribution in [0.15, 0.2) is 54.6 Å². The third kappa shape index (κ3) is 6.95. The number of carbonyl (C=O) groups is 2. The number of hydrogen-bond donors (Lipinski definition) is 1. The molecule has 0 fully saturated rings. The molecule has 6 heteroatoms. The third-order valence-corrected chi connectivity index (χ3v) is 3.33. The van der Waals surface area contributed by atoms with Gasteiger partial charge in [0, 0.05) is 6.54 Å². The normalized spacial score (nSPS) is 9.96. The summed E-state index contributed by atoms with van der Waals surface area (Å²) in [5.74, 6) is 0.541. The van der Waals surface area contributed by atoms with Crippen molar-refractivity contribution in [3.8, 4) is 11.5 Å². The van der Waals surface area contributed by atoms with Gasteiger partial charge < -0.3 is 19.5 Å². The lowest BCUT2D eigenvalue weighted by molar-refractivity contribution is -0.149. The van der Waals surface area contributed by atoms with Gasteiger partial charge in [-0.15, -0.1) is 0 Å². The van der Waals surface area contributed by atoms with Crippen LogP contribution in [-0.2, 0) is 20.9 Å². The predicted molar refractivity (Wildman–Crippen MR) is 92.4 cm³/mol. The minimum atomic E-state index is -0.483. The molecule has 0 saturated carbocycles. The van der Waals surface area contributed by atoms with Crippen molar-refractivity contribution < 1.29 is 23.8 Å². The maximum absolute atomic E-state index is 11.6. The molecule has 0 aliphatic rings. The summed E-state index contributed by atoms with van der Waals surface area (Å²) in [5, 5.41) is 2.69. The fourth-order valence-corrected chi connectivity index (χ4v) is 1.99. The number of methoxy groups -OCH3 is 1. The van der Waals surface area contributed by atoms with Gasteiger partial charge in [0.25, 0.3) is 5.91 Å². The van der Waals surface area contributed by atoms with Crippen molar-refractivity contribution in [2.75, 3.05) is 20.3 Å². The second-order valence-electron chi connectivity index (χ2n) is 5.20. The maximum atomic E-state index is 11.6. The molecule has 6 nitrogen and oxygen atoms in total. The van der Waals surface area contributed by atoms with Crippen molar-refractivity contribution in [2.24, 2.45) is 0 Å². The van der Waals surface area contributed by atoms with Crippen LogP contribution >= 0.6 is 0 Å². The zero-order valence-electron chi connectivity index (χ0n) is 14.1. The van der Waals surface area contributed by atoms with E-state index in [0.29, 0.717) is 12.3 Å². The molecule has 0 atom stereocenters. The minimum Gasteiger partial charge on any atom is -0.497 e. The standard InChI is InChI=1S/C19H21NO5/c1-23-16-7-9-17(10-8-16)24-12-11-19(22)25-14-18(21)20-13-15-5-3-2-4-6-15/h2-10H,11-14H2,1H3,(H,20,21). The van der Waals surface area contributed by atoms with E-state index in [2.05, 4.69) is 5.32 Å². The van der Waals surface area contributed by atoms with Crippen LogP contribution in [0.25, 0.3) is 0 Å². The summed E-state index contributed by atoms with van der Waals surface area (Å²) in [5.41, 5.74) is 0.982. The summed E-state index contributed by atoms with van der Waals surface area (Å²) >= 11 is 0. The van der Waals surface area contributed by atoms with Crippen molar-refractivity contribution in [1.82, 2.24) is 5.32 Å². The molecule has 0 aliphatic carbocycles. The van der Waals surface area contributed by atoms with E-state index in [0.717, 1.165) is 11.3 Å². The molecule has 132 valence electrons. The summed E-state index contributed by atoms with van der Waals surface area (Å²) in [6, 6.07) is 16.5. The van der Waals surface area contributed by atoms with Gasteiger partial charge in [-0.2, -0.15) is 0 Å². The number of ether oxygens (including phenoxy) is 3. The van der Waals surface area contributed by atoms with Crippen molar-refractivity contribution in [2.45, 2.75) is 13.0 Å². The molecule has 0 unspecified atom stereocenters. The fourth-order valence-electron chi connectivity index (χ4n) is 1.99. The van der Waals surface area contributed by atoms with Crippen LogP contribution in [0.3, 0.4) is 0 Å². The number of hydrogen-bond acceptors (Lipinski definition) is 5. The molecule has 2 rings (SSSR count). The highest BCUT2D eigenvalue weighted by Crippen LogP contribution is 2.17. The SMILES string of the molecule is COc1ccc(OCCC(=O)OCC(=O)NCc2ccccc2)cc1. The Balaban J connectivity index is 1.59. The Bertz CT molecular complexity index is 670. The number of nitrogens with one attached hydrogen (secondary N) is 1. The summed E-state index contributed by atoms with van der Waals surface area (Å²) in [7, 11) is 1.59. The smallest absolute Gasteiger partial charge is 0.309 e. The van der Waals surface area contributed by atoms with Gasteiger partial charge in [0.1, 0.15) is 11.5 Å². The van der Waals surface area contributed by atoms with E-state index in [1.165, 1.54) is 0 Å². The molecule has 0 aliphatic heterocycles. The maximum Gasteiger partial charge on any atom is 0.309 e. The summed E-state index contributed by atoms with van der Waals surface area (Å²) < 4.78 is 15.4. The van der Waals surface area contributed by atoms with E-state index in [4.69, 9.17) is 14.2 Å².